The predicted octanol–water partition coefficient (Wildman–Crippen LogP) is 4.19. The van der Waals surface area contributed by atoms with Crippen molar-refractivity contribution in [3.05, 3.63) is 70.8 Å². The summed E-state index contributed by atoms with van der Waals surface area (Å²) in [6, 6.07) is 15.5. The van der Waals surface area contributed by atoms with Gasteiger partial charge in [-0.15, -0.1) is 0 Å². The number of benzene rings is 2. The van der Waals surface area contributed by atoms with Crippen molar-refractivity contribution in [2.24, 2.45) is 0 Å². The maximum Gasteiger partial charge on any atom is 0.335 e. The van der Waals surface area contributed by atoms with E-state index in [-0.39, 0.29) is 11.5 Å². The summed E-state index contributed by atoms with van der Waals surface area (Å²) in [4.78, 5) is 23.1. The van der Waals surface area contributed by atoms with Crippen LogP contribution in [0.25, 0.3) is 0 Å². The van der Waals surface area contributed by atoms with Gasteiger partial charge in [-0.3, -0.25) is 4.79 Å². The fourth-order valence-corrected chi connectivity index (χ4v) is 2.87. The molecule has 0 saturated carbocycles. The van der Waals surface area contributed by atoms with Crippen LogP contribution >= 0.6 is 0 Å². The second kappa shape index (κ2) is 9.76. The van der Waals surface area contributed by atoms with Crippen molar-refractivity contribution < 1.29 is 14.7 Å². The molecule has 2 rings (SSSR count). The maximum atomic E-state index is 12.0. The number of carboxylic acid groups (broad SMARTS) is 1. The molecule has 0 saturated heterocycles. The minimum atomic E-state index is -0.954. The Kier molecular flexibility index (Phi) is 7.39. The number of rotatable bonds is 9. The summed E-state index contributed by atoms with van der Waals surface area (Å²) < 4.78 is 0. The molecule has 2 aromatic rings. The molecule has 0 radical (unpaired) electrons. The molecule has 1 amide bonds. The summed E-state index contributed by atoms with van der Waals surface area (Å²) in [5, 5.41) is 12.1. The quantitative estimate of drug-likeness (QED) is 0.664. The standard InChI is InChI=1S/C22H27NO3/c1-16(2)18-11-9-17(10-12-18)6-5-15-23-21(24)14-13-19-7-3-4-8-20(19)22(25)26/h3-4,7-12,16H,5-6,13-15H2,1-2H3,(H,23,24)(H,25,26). The van der Waals surface area contributed by atoms with Crippen LogP contribution in [0, 0.1) is 0 Å². The van der Waals surface area contributed by atoms with Crippen LogP contribution in [0.4, 0.5) is 0 Å². The van der Waals surface area contributed by atoms with Crippen LogP contribution in [-0.4, -0.2) is 23.5 Å². The average molecular weight is 353 g/mol. The molecule has 0 heterocycles. The molecule has 4 heteroatoms. The van der Waals surface area contributed by atoms with Crippen molar-refractivity contribution in [3.8, 4) is 0 Å². The van der Waals surface area contributed by atoms with Crippen molar-refractivity contribution in [3.63, 3.8) is 0 Å². The zero-order valence-electron chi connectivity index (χ0n) is 15.5. The molecule has 0 aromatic heterocycles. The Morgan fingerprint density at radius 1 is 1.00 bits per heavy atom. The Morgan fingerprint density at radius 2 is 1.69 bits per heavy atom. The lowest BCUT2D eigenvalue weighted by molar-refractivity contribution is -0.121. The van der Waals surface area contributed by atoms with E-state index in [1.165, 1.54) is 11.1 Å². The van der Waals surface area contributed by atoms with Gasteiger partial charge >= 0.3 is 5.97 Å². The third kappa shape index (κ3) is 6.03. The summed E-state index contributed by atoms with van der Waals surface area (Å²) >= 11 is 0. The number of aryl methyl sites for hydroxylation is 2. The molecule has 2 aromatic carbocycles. The first-order valence-corrected chi connectivity index (χ1v) is 9.14. The molecule has 0 aliphatic heterocycles. The lowest BCUT2D eigenvalue weighted by atomic mass is 10.0. The minimum absolute atomic E-state index is 0.0413. The predicted molar refractivity (Wildman–Crippen MR) is 104 cm³/mol. The second-order valence-electron chi connectivity index (χ2n) is 6.81. The number of carbonyl (C=O) groups excluding carboxylic acids is 1. The molecule has 0 spiro atoms. The Bertz CT molecular complexity index is 735. The molecule has 0 fully saturated rings. The Balaban J connectivity index is 1.70. The zero-order valence-corrected chi connectivity index (χ0v) is 15.5. The van der Waals surface area contributed by atoms with E-state index in [9.17, 15) is 9.59 Å². The van der Waals surface area contributed by atoms with Crippen molar-refractivity contribution >= 4 is 11.9 Å². The van der Waals surface area contributed by atoms with Gasteiger partial charge in [-0.05, 0) is 47.9 Å². The third-order valence-corrected chi connectivity index (χ3v) is 4.48. The van der Waals surface area contributed by atoms with E-state index in [0.717, 1.165) is 12.8 Å². The van der Waals surface area contributed by atoms with Crippen LogP contribution in [-0.2, 0) is 17.6 Å². The number of carboxylic acids is 1. The molecule has 0 aliphatic carbocycles. The van der Waals surface area contributed by atoms with Gasteiger partial charge in [0.2, 0.25) is 5.91 Å². The van der Waals surface area contributed by atoms with Gasteiger partial charge in [-0.1, -0.05) is 56.3 Å². The number of nitrogens with one attached hydrogen (secondary N) is 1. The normalized spacial score (nSPS) is 10.7. The molecule has 0 atom stereocenters. The summed E-state index contributed by atoms with van der Waals surface area (Å²) in [7, 11) is 0. The highest BCUT2D eigenvalue weighted by molar-refractivity contribution is 5.89. The van der Waals surface area contributed by atoms with E-state index in [2.05, 4.69) is 43.4 Å². The van der Waals surface area contributed by atoms with Gasteiger partial charge in [-0.2, -0.15) is 0 Å². The molecular weight excluding hydrogens is 326 g/mol. The van der Waals surface area contributed by atoms with Gasteiger partial charge < -0.3 is 10.4 Å². The summed E-state index contributed by atoms with van der Waals surface area (Å²) in [5.74, 6) is -0.459. The van der Waals surface area contributed by atoms with E-state index < -0.39 is 5.97 Å². The van der Waals surface area contributed by atoms with E-state index in [0.29, 0.717) is 30.9 Å². The van der Waals surface area contributed by atoms with Crippen molar-refractivity contribution in [1.29, 1.82) is 0 Å². The largest absolute Gasteiger partial charge is 0.478 e. The highest BCUT2D eigenvalue weighted by Gasteiger charge is 2.10. The van der Waals surface area contributed by atoms with E-state index in [1.807, 2.05) is 0 Å². The first-order valence-electron chi connectivity index (χ1n) is 9.14. The monoisotopic (exact) mass is 353 g/mol. The molecule has 26 heavy (non-hydrogen) atoms. The third-order valence-electron chi connectivity index (χ3n) is 4.48. The number of carbonyl (C=O) groups is 2. The highest BCUT2D eigenvalue weighted by atomic mass is 16.4. The van der Waals surface area contributed by atoms with Gasteiger partial charge in [0, 0.05) is 13.0 Å². The number of hydrogen-bond acceptors (Lipinski definition) is 2. The van der Waals surface area contributed by atoms with Gasteiger partial charge in [0.25, 0.3) is 0 Å². The van der Waals surface area contributed by atoms with Crippen molar-refractivity contribution in [2.75, 3.05) is 6.54 Å². The topological polar surface area (TPSA) is 66.4 Å². The molecule has 4 nitrogen and oxygen atoms in total. The molecular formula is C22H27NO3. The number of amides is 1. The lowest BCUT2D eigenvalue weighted by Gasteiger charge is -2.08. The first-order chi connectivity index (χ1) is 12.5. The van der Waals surface area contributed by atoms with Crippen molar-refractivity contribution in [2.45, 2.75) is 45.4 Å². The van der Waals surface area contributed by atoms with Gasteiger partial charge in [-0.25, -0.2) is 4.79 Å². The second-order valence-corrected chi connectivity index (χ2v) is 6.81. The number of aromatic carboxylic acids is 1. The molecule has 0 unspecified atom stereocenters. The van der Waals surface area contributed by atoms with E-state index >= 15 is 0 Å². The Hall–Kier alpha value is -2.62. The van der Waals surface area contributed by atoms with Crippen LogP contribution < -0.4 is 5.32 Å². The van der Waals surface area contributed by atoms with Gasteiger partial charge in [0.15, 0.2) is 0 Å². The Labute approximate surface area is 155 Å². The van der Waals surface area contributed by atoms with E-state index in [1.54, 1.807) is 24.3 Å². The van der Waals surface area contributed by atoms with Crippen LogP contribution in [0.2, 0.25) is 0 Å². The molecule has 2 N–H and O–H groups in total. The van der Waals surface area contributed by atoms with Crippen LogP contribution in [0.15, 0.2) is 48.5 Å². The van der Waals surface area contributed by atoms with Crippen molar-refractivity contribution in [1.82, 2.24) is 5.32 Å². The zero-order chi connectivity index (χ0) is 18.9. The van der Waals surface area contributed by atoms with Crippen LogP contribution in [0.1, 0.15) is 59.7 Å². The highest BCUT2D eigenvalue weighted by Crippen LogP contribution is 2.15. The van der Waals surface area contributed by atoms with Gasteiger partial charge in [0.05, 0.1) is 5.56 Å². The summed E-state index contributed by atoms with van der Waals surface area (Å²) in [6.45, 7) is 4.99. The summed E-state index contributed by atoms with van der Waals surface area (Å²) in [5.41, 5.74) is 3.58. The molecule has 138 valence electrons. The maximum absolute atomic E-state index is 12.0. The summed E-state index contributed by atoms with van der Waals surface area (Å²) in [6.07, 6.45) is 2.55. The first kappa shape index (κ1) is 19.7. The smallest absolute Gasteiger partial charge is 0.335 e. The molecule has 0 bridgehead atoms. The SMILES string of the molecule is CC(C)c1ccc(CCCNC(=O)CCc2ccccc2C(=O)O)cc1. The van der Waals surface area contributed by atoms with Gasteiger partial charge in [0.1, 0.15) is 0 Å². The number of hydrogen-bond donors (Lipinski definition) is 2. The average Bonchev–Trinajstić information content (AvgIpc) is 2.64. The fraction of sp³-hybridized carbons (Fsp3) is 0.364. The Morgan fingerprint density at radius 3 is 2.35 bits per heavy atom. The van der Waals surface area contributed by atoms with E-state index in [4.69, 9.17) is 5.11 Å². The fourth-order valence-electron chi connectivity index (χ4n) is 2.87. The lowest BCUT2D eigenvalue weighted by Crippen LogP contribution is -2.25. The molecule has 0 aliphatic rings. The minimum Gasteiger partial charge on any atom is -0.478 e. The van der Waals surface area contributed by atoms with Crippen LogP contribution in [0.5, 0.6) is 0 Å². The van der Waals surface area contributed by atoms with Crippen LogP contribution in [0.3, 0.4) is 0 Å².